The van der Waals surface area contributed by atoms with Crippen molar-refractivity contribution < 1.29 is 23.8 Å². The van der Waals surface area contributed by atoms with Crippen molar-refractivity contribution >= 4 is 11.9 Å². The summed E-state index contributed by atoms with van der Waals surface area (Å²) in [7, 11) is 0. The molecule has 0 spiro atoms. The van der Waals surface area contributed by atoms with Crippen molar-refractivity contribution in [1.82, 2.24) is 0 Å². The summed E-state index contributed by atoms with van der Waals surface area (Å²) in [6.07, 6.45) is 5.94. The molecule has 132 valence electrons. The molecule has 0 amide bonds. The lowest BCUT2D eigenvalue weighted by atomic mass is 10.1. The second-order valence-corrected chi connectivity index (χ2v) is 5.95. The molecule has 0 aromatic rings. The zero-order chi connectivity index (χ0) is 17.7. The largest absolute Gasteiger partial charge is 0.463 e. The Bertz CT molecular complexity index is 383. The molecule has 1 fully saturated rings. The van der Waals surface area contributed by atoms with Crippen molar-refractivity contribution in [3.63, 3.8) is 0 Å². The Hall–Kier alpha value is -1.62. The van der Waals surface area contributed by atoms with Gasteiger partial charge in [0.05, 0.1) is 13.2 Å². The fourth-order valence-corrected chi connectivity index (χ4v) is 1.52. The molecular weight excluding hydrogens is 296 g/mol. The highest BCUT2D eigenvalue weighted by molar-refractivity contribution is 5.86. The third-order valence-electron chi connectivity index (χ3n) is 2.99. The lowest BCUT2D eigenvalue weighted by Crippen LogP contribution is -2.09. The van der Waals surface area contributed by atoms with Gasteiger partial charge in [-0.2, -0.15) is 0 Å². The van der Waals surface area contributed by atoms with Crippen LogP contribution >= 0.6 is 0 Å². The highest BCUT2D eigenvalue weighted by Gasteiger charge is 2.24. The molecule has 0 saturated carbocycles. The maximum Gasteiger partial charge on any atom is 0.333 e. The van der Waals surface area contributed by atoms with Gasteiger partial charge >= 0.3 is 11.9 Å². The van der Waals surface area contributed by atoms with Gasteiger partial charge < -0.3 is 14.2 Å². The zero-order valence-electron chi connectivity index (χ0n) is 14.6. The number of carbonyl (C=O) groups excluding carboxylic acids is 2. The second kappa shape index (κ2) is 12.9. The number of hydrogen-bond acceptors (Lipinski definition) is 5. The molecule has 1 unspecified atom stereocenters. The topological polar surface area (TPSA) is 65.1 Å². The first-order valence-electron chi connectivity index (χ1n) is 8.10. The molecule has 0 N–H and O–H groups in total. The van der Waals surface area contributed by atoms with Gasteiger partial charge in [0, 0.05) is 11.6 Å². The first-order chi connectivity index (χ1) is 10.9. The van der Waals surface area contributed by atoms with Gasteiger partial charge in [0.2, 0.25) is 0 Å². The average molecular weight is 326 g/mol. The number of unbranched alkanes of at least 4 members (excludes halogenated alkanes) is 2. The fraction of sp³-hybridized carbons (Fsp3) is 0.667. The van der Waals surface area contributed by atoms with E-state index in [0.29, 0.717) is 25.4 Å². The Morgan fingerprint density at radius 1 is 1.26 bits per heavy atom. The Kier molecular flexibility index (Phi) is 12.0. The maximum absolute atomic E-state index is 10.7. The van der Waals surface area contributed by atoms with E-state index in [2.05, 4.69) is 27.0 Å². The smallest absolute Gasteiger partial charge is 0.333 e. The molecule has 1 aliphatic heterocycles. The lowest BCUT2D eigenvalue weighted by Gasteiger charge is -2.04. The summed E-state index contributed by atoms with van der Waals surface area (Å²) in [5.41, 5.74) is 0.431. The predicted octanol–water partition coefficient (Wildman–Crippen LogP) is 3.44. The minimum Gasteiger partial charge on any atom is -0.463 e. The van der Waals surface area contributed by atoms with Gasteiger partial charge in [-0.25, -0.2) is 9.59 Å². The molecule has 5 nitrogen and oxygen atoms in total. The van der Waals surface area contributed by atoms with Crippen LogP contribution < -0.4 is 0 Å². The van der Waals surface area contributed by atoms with Gasteiger partial charge in [0.1, 0.15) is 12.7 Å². The molecule has 0 aliphatic carbocycles. The van der Waals surface area contributed by atoms with Crippen molar-refractivity contribution in [3.8, 4) is 0 Å². The molecular formula is C18H30O5. The van der Waals surface area contributed by atoms with Crippen LogP contribution in [0, 0.1) is 5.92 Å². The van der Waals surface area contributed by atoms with E-state index in [-0.39, 0.29) is 18.0 Å². The number of carbonyl (C=O) groups is 2. The van der Waals surface area contributed by atoms with E-state index in [1.165, 1.54) is 18.9 Å². The summed E-state index contributed by atoms with van der Waals surface area (Å²) in [5.74, 6) is 0.120. The summed E-state index contributed by atoms with van der Waals surface area (Å²) in [4.78, 5) is 21.3. The van der Waals surface area contributed by atoms with Crippen LogP contribution in [0.15, 0.2) is 24.8 Å². The number of rotatable bonds is 10. The standard InChI is InChI=1S/C11H20O2.C7H10O3/c1-4-11(12)13-9-7-5-6-8-10(2)3;1-5(2)7(8)10-4-6-3-9-6/h4,10H,1,5-9H2,2-3H3;6H,1,3-4H2,2H3. The molecule has 0 bridgehead atoms. The number of hydrogen-bond donors (Lipinski definition) is 0. The number of epoxide rings is 1. The van der Waals surface area contributed by atoms with E-state index in [4.69, 9.17) is 14.2 Å². The minimum absolute atomic E-state index is 0.142. The molecule has 1 aliphatic rings. The molecule has 1 heterocycles. The van der Waals surface area contributed by atoms with Crippen LogP contribution in [0.1, 0.15) is 46.5 Å². The van der Waals surface area contributed by atoms with Crippen molar-refractivity contribution in [2.24, 2.45) is 5.92 Å². The average Bonchev–Trinajstić information content (AvgIpc) is 3.32. The minimum atomic E-state index is -0.337. The Balaban J connectivity index is 0.000000433. The molecule has 1 rings (SSSR count). The zero-order valence-corrected chi connectivity index (χ0v) is 14.6. The predicted molar refractivity (Wildman–Crippen MR) is 90.0 cm³/mol. The first kappa shape index (κ1) is 21.4. The van der Waals surface area contributed by atoms with Crippen molar-refractivity contribution in [2.45, 2.75) is 52.6 Å². The Labute approximate surface area is 139 Å². The fourth-order valence-electron chi connectivity index (χ4n) is 1.52. The summed E-state index contributed by atoms with van der Waals surface area (Å²) >= 11 is 0. The first-order valence-corrected chi connectivity index (χ1v) is 8.10. The normalized spacial score (nSPS) is 15.2. The van der Waals surface area contributed by atoms with Gasteiger partial charge in [-0.3, -0.25) is 0 Å². The molecule has 0 aromatic heterocycles. The lowest BCUT2D eigenvalue weighted by molar-refractivity contribution is -0.139. The van der Waals surface area contributed by atoms with Crippen LogP contribution in [0.4, 0.5) is 0 Å². The van der Waals surface area contributed by atoms with E-state index in [1.54, 1.807) is 6.92 Å². The monoisotopic (exact) mass is 326 g/mol. The molecule has 5 heteroatoms. The number of esters is 2. The highest BCUT2D eigenvalue weighted by Crippen LogP contribution is 2.09. The van der Waals surface area contributed by atoms with E-state index < -0.39 is 0 Å². The molecule has 1 atom stereocenters. The van der Waals surface area contributed by atoms with E-state index in [0.717, 1.165) is 18.8 Å². The summed E-state index contributed by atoms with van der Waals surface area (Å²) < 4.78 is 14.4. The van der Waals surface area contributed by atoms with Crippen LogP contribution in [-0.4, -0.2) is 37.9 Å². The maximum atomic E-state index is 10.7. The summed E-state index contributed by atoms with van der Waals surface area (Å²) in [5, 5.41) is 0. The quantitative estimate of drug-likeness (QED) is 0.266. The van der Waals surface area contributed by atoms with Crippen LogP contribution in [0.3, 0.4) is 0 Å². The van der Waals surface area contributed by atoms with Gasteiger partial charge in [0.15, 0.2) is 0 Å². The SMILES string of the molecule is C=C(C)C(=O)OCC1CO1.C=CC(=O)OCCCCCC(C)C. The van der Waals surface area contributed by atoms with Gasteiger partial charge in [-0.1, -0.05) is 46.3 Å². The Morgan fingerprint density at radius 2 is 1.91 bits per heavy atom. The number of ether oxygens (including phenoxy) is 3. The highest BCUT2D eigenvalue weighted by atomic mass is 16.6. The van der Waals surface area contributed by atoms with E-state index in [1.807, 2.05) is 0 Å². The molecule has 23 heavy (non-hydrogen) atoms. The van der Waals surface area contributed by atoms with Gasteiger partial charge in [0.25, 0.3) is 0 Å². The molecule has 1 saturated heterocycles. The van der Waals surface area contributed by atoms with Crippen LogP contribution in [0.2, 0.25) is 0 Å². The summed E-state index contributed by atoms with van der Waals surface area (Å²) in [6, 6.07) is 0. The van der Waals surface area contributed by atoms with Gasteiger partial charge in [-0.05, 0) is 19.3 Å². The van der Waals surface area contributed by atoms with Crippen molar-refractivity contribution in [3.05, 3.63) is 24.8 Å². The molecule has 0 aromatic carbocycles. The van der Waals surface area contributed by atoms with E-state index >= 15 is 0 Å². The van der Waals surface area contributed by atoms with Gasteiger partial charge in [-0.15, -0.1) is 0 Å². The van der Waals surface area contributed by atoms with Crippen LogP contribution in [0.25, 0.3) is 0 Å². The third kappa shape index (κ3) is 15.1. The van der Waals surface area contributed by atoms with Crippen LogP contribution in [-0.2, 0) is 23.8 Å². The second-order valence-electron chi connectivity index (χ2n) is 5.95. The van der Waals surface area contributed by atoms with Crippen molar-refractivity contribution in [2.75, 3.05) is 19.8 Å². The van der Waals surface area contributed by atoms with Crippen LogP contribution in [0.5, 0.6) is 0 Å². The molecule has 0 radical (unpaired) electrons. The Morgan fingerprint density at radius 3 is 2.39 bits per heavy atom. The third-order valence-corrected chi connectivity index (χ3v) is 2.99. The van der Waals surface area contributed by atoms with E-state index in [9.17, 15) is 9.59 Å². The summed E-state index contributed by atoms with van der Waals surface area (Å²) in [6.45, 7) is 14.4. The van der Waals surface area contributed by atoms with Crippen molar-refractivity contribution in [1.29, 1.82) is 0 Å².